The Hall–Kier alpha value is -1.24. The molecule has 2 aromatic carbocycles. The molecule has 0 aromatic heterocycles. The van der Waals surface area contributed by atoms with Gasteiger partial charge in [-0.05, 0) is 65.1 Å². The van der Waals surface area contributed by atoms with E-state index in [2.05, 4.69) is 0 Å². The molecule has 0 bridgehead atoms. The molecule has 22 heavy (non-hydrogen) atoms. The molecule has 118 valence electrons. The molecule has 0 saturated heterocycles. The van der Waals surface area contributed by atoms with Crippen molar-refractivity contribution < 1.29 is 30.0 Å². The Morgan fingerprint density at radius 1 is 0.955 bits per heavy atom. The standard InChI is InChI=1S/C12H8FIO6S2/c13-8-1-3-9(4-2-8)22(18,19)20-12-6-5-10(7-11(12)14)21(15,16)17/h1-7H,(H,15,16,17)/p-1. The average Bonchev–Trinajstić information content (AvgIpc) is 2.40. The van der Waals surface area contributed by atoms with Gasteiger partial charge in [0.2, 0.25) is 0 Å². The van der Waals surface area contributed by atoms with Gasteiger partial charge in [-0.2, -0.15) is 8.42 Å². The highest BCUT2D eigenvalue weighted by atomic mass is 127. The molecule has 6 nitrogen and oxygen atoms in total. The first-order chi connectivity index (χ1) is 10.1. The molecule has 0 saturated carbocycles. The van der Waals surface area contributed by atoms with Gasteiger partial charge in [-0.1, -0.05) is 0 Å². The van der Waals surface area contributed by atoms with E-state index in [1.165, 1.54) is 0 Å². The third-order valence-electron chi connectivity index (χ3n) is 2.49. The maximum absolute atomic E-state index is 12.8. The summed E-state index contributed by atoms with van der Waals surface area (Å²) >= 11 is 1.64. The van der Waals surface area contributed by atoms with Crippen LogP contribution in [-0.2, 0) is 20.2 Å². The smallest absolute Gasteiger partial charge is 0.339 e. The van der Waals surface area contributed by atoms with Crippen LogP contribution in [0.1, 0.15) is 0 Å². The van der Waals surface area contributed by atoms with Crippen LogP contribution in [0.4, 0.5) is 4.39 Å². The summed E-state index contributed by atoms with van der Waals surface area (Å²) in [6, 6.07) is 7.01. The van der Waals surface area contributed by atoms with Crippen LogP contribution in [0.25, 0.3) is 0 Å². The average molecular weight is 457 g/mol. The van der Waals surface area contributed by atoms with E-state index in [1.54, 1.807) is 22.6 Å². The van der Waals surface area contributed by atoms with E-state index >= 15 is 0 Å². The summed E-state index contributed by atoms with van der Waals surface area (Å²) in [6.45, 7) is 0. The zero-order valence-corrected chi connectivity index (χ0v) is 14.4. The summed E-state index contributed by atoms with van der Waals surface area (Å²) in [4.78, 5) is -0.756. The van der Waals surface area contributed by atoms with Crippen molar-refractivity contribution in [3.8, 4) is 5.75 Å². The van der Waals surface area contributed by atoms with Gasteiger partial charge in [0.1, 0.15) is 20.8 Å². The fraction of sp³-hybridized carbons (Fsp3) is 0. The monoisotopic (exact) mass is 457 g/mol. The van der Waals surface area contributed by atoms with Crippen molar-refractivity contribution in [1.82, 2.24) is 0 Å². The first-order valence-corrected chi connectivity index (χ1v) is 9.44. The third-order valence-corrected chi connectivity index (χ3v) is 5.42. The highest BCUT2D eigenvalue weighted by molar-refractivity contribution is 14.1. The predicted molar refractivity (Wildman–Crippen MR) is 81.3 cm³/mol. The number of hydrogen-bond acceptors (Lipinski definition) is 6. The van der Waals surface area contributed by atoms with Gasteiger partial charge in [-0.3, -0.25) is 0 Å². The normalized spacial score (nSPS) is 12.1. The molecular weight excluding hydrogens is 450 g/mol. The van der Waals surface area contributed by atoms with E-state index in [-0.39, 0.29) is 14.2 Å². The van der Waals surface area contributed by atoms with Gasteiger partial charge >= 0.3 is 10.1 Å². The highest BCUT2D eigenvalue weighted by Gasteiger charge is 2.18. The van der Waals surface area contributed by atoms with Crippen molar-refractivity contribution in [3.63, 3.8) is 0 Å². The lowest BCUT2D eigenvalue weighted by molar-refractivity contribution is 0.462. The van der Waals surface area contributed by atoms with Gasteiger partial charge in [-0.15, -0.1) is 0 Å². The molecule has 0 amide bonds. The van der Waals surface area contributed by atoms with E-state index in [0.29, 0.717) is 0 Å². The number of hydrogen-bond donors (Lipinski definition) is 0. The van der Waals surface area contributed by atoms with Crippen LogP contribution in [0.2, 0.25) is 0 Å². The van der Waals surface area contributed by atoms with Gasteiger partial charge in [0.15, 0.2) is 5.75 Å². The summed E-state index contributed by atoms with van der Waals surface area (Å²) in [5.74, 6) is -0.740. The zero-order valence-electron chi connectivity index (χ0n) is 10.6. The molecule has 0 aliphatic carbocycles. The van der Waals surface area contributed by atoms with Gasteiger partial charge in [0.25, 0.3) is 0 Å². The lowest BCUT2D eigenvalue weighted by Gasteiger charge is -2.11. The number of halogens is 2. The van der Waals surface area contributed by atoms with E-state index < -0.39 is 30.9 Å². The topological polar surface area (TPSA) is 101 Å². The zero-order chi connectivity index (χ0) is 16.5. The molecule has 0 radical (unpaired) electrons. The summed E-state index contributed by atoms with van der Waals surface area (Å²) < 4.78 is 74.5. The summed E-state index contributed by atoms with van der Waals surface area (Å²) in [6.07, 6.45) is 0. The van der Waals surface area contributed by atoms with Crippen LogP contribution in [0.15, 0.2) is 52.3 Å². The first kappa shape index (κ1) is 17.1. The van der Waals surface area contributed by atoms with Crippen LogP contribution >= 0.6 is 22.6 Å². The van der Waals surface area contributed by atoms with Crippen LogP contribution < -0.4 is 4.18 Å². The molecule has 0 N–H and O–H groups in total. The Kier molecular flexibility index (Phi) is 4.75. The Balaban J connectivity index is 2.36. The Morgan fingerprint density at radius 2 is 1.50 bits per heavy atom. The SMILES string of the molecule is O=S(=O)([O-])c1ccc(OS(=O)(=O)c2ccc(F)cc2)c(I)c1. The summed E-state index contributed by atoms with van der Waals surface area (Å²) in [5, 5.41) is 0. The van der Waals surface area contributed by atoms with Crippen molar-refractivity contribution in [2.75, 3.05) is 0 Å². The molecule has 2 aromatic rings. The van der Waals surface area contributed by atoms with Crippen LogP contribution in [-0.4, -0.2) is 21.4 Å². The second kappa shape index (κ2) is 6.10. The predicted octanol–water partition coefficient (Wildman–Crippen LogP) is 2.10. The largest absolute Gasteiger partial charge is 0.744 e. The third kappa shape index (κ3) is 3.94. The van der Waals surface area contributed by atoms with E-state index in [9.17, 15) is 25.8 Å². The minimum Gasteiger partial charge on any atom is -0.744 e. The van der Waals surface area contributed by atoms with Crippen molar-refractivity contribution in [2.24, 2.45) is 0 Å². The van der Waals surface area contributed by atoms with Gasteiger partial charge in [0.05, 0.1) is 8.47 Å². The van der Waals surface area contributed by atoms with Gasteiger partial charge in [0, 0.05) is 0 Å². The van der Waals surface area contributed by atoms with Crippen LogP contribution in [0.5, 0.6) is 5.75 Å². The molecule has 10 heteroatoms. The van der Waals surface area contributed by atoms with Crippen molar-refractivity contribution in [3.05, 3.63) is 51.9 Å². The molecular formula is C12H7FIO6S2-. The maximum atomic E-state index is 12.8. The highest BCUT2D eigenvalue weighted by Crippen LogP contribution is 2.27. The molecule has 2 rings (SSSR count). The van der Waals surface area contributed by atoms with Crippen LogP contribution in [0.3, 0.4) is 0 Å². The molecule has 0 atom stereocenters. The van der Waals surface area contributed by atoms with E-state index in [0.717, 1.165) is 42.5 Å². The van der Waals surface area contributed by atoms with Crippen LogP contribution in [0, 0.1) is 9.39 Å². The Morgan fingerprint density at radius 3 is 2.00 bits per heavy atom. The summed E-state index contributed by atoms with van der Waals surface area (Å²) in [5.41, 5.74) is 0. The quantitative estimate of drug-likeness (QED) is 0.396. The maximum Gasteiger partial charge on any atom is 0.339 e. The molecule has 0 aliphatic rings. The fourth-order valence-corrected chi connectivity index (χ4v) is 3.90. The fourth-order valence-electron chi connectivity index (χ4n) is 1.47. The number of benzene rings is 2. The minimum absolute atomic E-state index is 0.125. The lowest BCUT2D eigenvalue weighted by Crippen LogP contribution is -2.11. The molecule has 0 aliphatic heterocycles. The van der Waals surface area contributed by atoms with Crippen molar-refractivity contribution in [1.29, 1.82) is 0 Å². The second-order valence-electron chi connectivity index (χ2n) is 4.04. The van der Waals surface area contributed by atoms with Crippen molar-refractivity contribution in [2.45, 2.75) is 9.79 Å². The van der Waals surface area contributed by atoms with E-state index in [4.69, 9.17) is 4.18 Å². The Labute approximate surface area is 139 Å². The second-order valence-corrected chi connectivity index (χ2v) is 8.13. The summed E-state index contributed by atoms with van der Waals surface area (Å²) in [7, 11) is -8.84. The van der Waals surface area contributed by atoms with Crippen molar-refractivity contribution >= 4 is 42.8 Å². The molecule has 0 unspecified atom stereocenters. The van der Waals surface area contributed by atoms with Gasteiger partial charge in [-0.25, -0.2) is 12.8 Å². The molecule has 0 spiro atoms. The molecule has 0 fully saturated rings. The molecule has 0 heterocycles. The first-order valence-electron chi connectivity index (χ1n) is 5.55. The lowest BCUT2D eigenvalue weighted by atomic mass is 10.3. The minimum atomic E-state index is -4.64. The van der Waals surface area contributed by atoms with E-state index in [1.807, 2.05) is 0 Å². The Bertz CT molecular complexity index is 907. The number of rotatable bonds is 4. The van der Waals surface area contributed by atoms with Gasteiger partial charge < -0.3 is 8.74 Å².